The Morgan fingerprint density at radius 3 is 1.68 bits per heavy atom. The van der Waals surface area contributed by atoms with Crippen molar-refractivity contribution in [1.29, 1.82) is 0 Å². The highest BCUT2D eigenvalue weighted by molar-refractivity contribution is 5.89. The zero-order chi connectivity index (χ0) is 17.6. The molecule has 22 heavy (non-hydrogen) atoms. The molecule has 0 bridgehead atoms. The molecule has 0 unspecified atom stereocenters. The Hall–Kier alpha value is -1.94. The molecular formula is C11H5F9O2. The monoisotopic (exact) mass is 340 g/mol. The van der Waals surface area contributed by atoms with E-state index >= 15 is 0 Å². The predicted molar refractivity (Wildman–Crippen MR) is 53.2 cm³/mol. The zero-order valence-corrected chi connectivity index (χ0v) is 10.1. The molecule has 0 radical (unpaired) electrons. The Morgan fingerprint density at radius 1 is 0.818 bits per heavy atom. The van der Waals surface area contributed by atoms with Gasteiger partial charge in [-0.25, -0.2) is 4.79 Å². The average molecular weight is 340 g/mol. The van der Waals surface area contributed by atoms with Gasteiger partial charge in [-0.3, -0.25) is 0 Å². The summed E-state index contributed by atoms with van der Waals surface area (Å²) in [5, 5.41) is 8.57. The number of hydrogen-bond donors (Lipinski definition) is 1. The van der Waals surface area contributed by atoms with Crippen LogP contribution in [0.3, 0.4) is 0 Å². The number of halogens is 9. The number of carbonyl (C=O) groups is 1. The first-order valence-corrected chi connectivity index (χ1v) is 5.21. The van der Waals surface area contributed by atoms with Crippen LogP contribution in [0, 0.1) is 0 Å². The Labute approximate surface area is 116 Å². The van der Waals surface area contributed by atoms with Crippen molar-refractivity contribution in [3.8, 4) is 0 Å². The number of aromatic carboxylic acids is 1. The van der Waals surface area contributed by atoms with Crippen LogP contribution in [0.5, 0.6) is 0 Å². The van der Waals surface area contributed by atoms with Crippen LogP contribution in [0.25, 0.3) is 0 Å². The van der Waals surface area contributed by atoms with E-state index in [0.717, 1.165) is 6.07 Å². The van der Waals surface area contributed by atoms with E-state index in [1.807, 2.05) is 0 Å². The van der Waals surface area contributed by atoms with Crippen molar-refractivity contribution in [1.82, 2.24) is 0 Å². The first kappa shape index (κ1) is 18.1. The van der Waals surface area contributed by atoms with Crippen LogP contribution in [0.1, 0.15) is 15.9 Å². The van der Waals surface area contributed by atoms with Crippen molar-refractivity contribution in [3.05, 3.63) is 35.4 Å². The molecule has 1 aromatic rings. The minimum atomic E-state index is -7.07. The predicted octanol–water partition coefficient (Wildman–Crippen LogP) is 4.31. The minimum absolute atomic E-state index is 0.0316. The van der Waals surface area contributed by atoms with Gasteiger partial charge in [0.05, 0.1) is 5.56 Å². The van der Waals surface area contributed by atoms with Crippen molar-refractivity contribution in [2.45, 2.75) is 23.9 Å². The van der Waals surface area contributed by atoms with Crippen LogP contribution in [0.4, 0.5) is 39.5 Å². The number of alkyl halides is 9. The van der Waals surface area contributed by atoms with E-state index in [-0.39, 0.29) is 6.07 Å². The summed E-state index contributed by atoms with van der Waals surface area (Å²) in [5.74, 6) is -22.2. The number of rotatable bonds is 4. The Kier molecular flexibility index (Phi) is 4.16. The highest BCUT2D eigenvalue weighted by Gasteiger charge is 2.82. The summed E-state index contributed by atoms with van der Waals surface area (Å²) in [5.41, 5.74) is -3.68. The summed E-state index contributed by atoms with van der Waals surface area (Å²) in [6.07, 6.45) is -6.96. The van der Waals surface area contributed by atoms with Crippen molar-refractivity contribution in [2.24, 2.45) is 0 Å². The molecule has 0 saturated heterocycles. The van der Waals surface area contributed by atoms with Crippen LogP contribution in [0.15, 0.2) is 24.3 Å². The van der Waals surface area contributed by atoms with Gasteiger partial charge in [0.25, 0.3) is 0 Å². The van der Waals surface area contributed by atoms with Gasteiger partial charge in [-0.15, -0.1) is 0 Å². The third kappa shape index (κ3) is 2.48. The molecule has 0 heterocycles. The largest absolute Gasteiger partial charge is 0.478 e. The Morgan fingerprint density at radius 2 is 1.27 bits per heavy atom. The van der Waals surface area contributed by atoms with Gasteiger partial charge in [0.2, 0.25) is 0 Å². The second-order valence-corrected chi connectivity index (χ2v) is 4.07. The smallest absolute Gasteiger partial charge is 0.460 e. The molecule has 0 fully saturated rings. The fourth-order valence-electron chi connectivity index (χ4n) is 1.49. The SMILES string of the molecule is O=C(O)c1ccccc1C(F)(F)C(F)(F)C(F)(F)C(F)(F)F. The molecule has 1 N–H and O–H groups in total. The van der Waals surface area contributed by atoms with Gasteiger partial charge < -0.3 is 5.11 Å². The van der Waals surface area contributed by atoms with Crippen LogP contribution >= 0.6 is 0 Å². The van der Waals surface area contributed by atoms with E-state index in [9.17, 15) is 44.3 Å². The quantitative estimate of drug-likeness (QED) is 0.830. The van der Waals surface area contributed by atoms with Crippen LogP contribution in [0.2, 0.25) is 0 Å². The molecule has 0 aromatic heterocycles. The zero-order valence-electron chi connectivity index (χ0n) is 10.1. The maximum atomic E-state index is 13.6. The minimum Gasteiger partial charge on any atom is -0.478 e. The first-order valence-electron chi connectivity index (χ1n) is 5.21. The third-order valence-corrected chi connectivity index (χ3v) is 2.64. The lowest BCUT2D eigenvalue weighted by atomic mass is 9.93. The van der Waals surface area contributed by atoms with E-state index in [1.54, 1.807) is 0 Å². The molecule has 1 rings (SSSR count). The van der Waals surface area contributed by atoms with Crippen molar-refractivity contribution < 1.29 is 49.4 Å². The lowest BCUT2D eigenvalue weighted by Crippen LogP contribution is -2.59. The number of carboxylic acid groups (broad SMARTS) is 1. The first-order chi connectivity index (χ1) is 9.68. The molecule has 0 saturated carbocycles. The highest BCUT2D eigenvalue weighted by atomic mass is 19.4. The van der Waals surface area contributed by atoms with E-state index in [0.29, 0.717) is 12.1 Å². The maximum Gasteiger partial charge on any atom is 0.460 e. The molecule has 11 heteroatoms. The second-order valence-electron chi connectivity index (χ2n) is 4.07. The lowest BCUT2D eigenvalue weighted by molar-refractivity contribution is -0.399. The standard InChI is InChI=1S/C11H5F9O2/c12-8(13,6-4-2-1-3-5(6)7(21)22)9(14,15)10(16,17)11(18,19)20/h1-4H,(H,21,22). The van der Waals surface area contributed by atoms with Crippen molar-refractivity contribution in [2.75, 3.05) is 0 Å². The second kappa shape index (κ2) is 5.06. The summed E-state index contributed by atoms with van der Waals surface area (Å²) in [6, 6.07) is 1.80. The molecule has 0 aliphatic carbocycles. The molecular weight excluding hydrogens is 335 g/mol. The molecule has 0 aliphatic heterocycles. The number of benzene rings is 1. The molecule has 0 spiro atoms. The van der Waals surface area contributed by atoms with Crippen molar-refractivity contribution in [3.63, 3.8) is 0 Å². The van der Waals surface area contributed by atoms with E-state index in [2.05, 4.69) is 0 Å². The van der Waals surface area contributed by atoms with E-state index < -0.39 is 41.0 Å². The molecule has 0 amide bonds. The number of carboxylic acids is 1. The van der Waals surface area contributed by atoms with Crippen molar-refractivity contribution >= 4 is 5.97 Å². The average Bonchev–Trinajstić information content (AvgIpc) is 2.36. The van der Waals surface area contributed by atoms with Gasteiger partial charge in [0, 0.05) is 5.56 Å². The summed E-state index contributed by atoms with van der Waals surface area (Å²) < 4.78 is 115. The van der Waals surface area contributed by atoms with E-state index in [4.69, 9.17) is 5.11 Å². The molecule has 2 nitrogen and oxygen atoms in total. The van der Waals surface area contributed by atoms with E-state index in [1.165, 1.54) is 0 Å². The van der Waals surface area contributed by atoms with Gasteiger partial charge in [-0.05, 0) is 6.07 Å². The summed E-state index contributed by atoms with van der Waals surface area (Å²) >= 11 is 0. The summed E-state index contributed by atoms with van der Waals surface area (Å²) in [6.45, 7) is 0. The maximum absolute atomic E-state index is 13.6. The summed E-state index contributed by atoms with van der Waals surface area (Å²) in [4.78, 5) is 10.7. The van der Waals surface area contributed by atoms with Gasteiger partial charge in [0.1, 0.15) is 0 Å². The highest BCUT2D eigenvalue weighted by Crippen LogP contribution is 2.56. The fraction of sp³-hybridized carbons (Fsp3) is 0.364. The van der Waals surface area contributed by atoms with Gasteiger partial charge in [-0.1, -0.05) is 18.2 Å². The number of hydrogen-bond acceptors (Lipinski definition) is 1. The molecule has 0 atom stereocenters. The lowest BCUT2D eigenvalue weighted by Gasteiger charge is -2.34. The van der Waals surface area contributed by atoms with Gasteiger partial charge >= 0.3 is 29.9 Å². The van der Waals surface area contributed by atoms with Gasteiger partial charge in [-0.2, -0.15) is 39.5 Å². The molecule has 0 aliphatic rings. The topological polar surface area (TPSA) is 37.3 Å². The molecule has 124 valence electrons. The summed E-state index contributed by atoms with van der Waals surface area (Å²) in [7, 11) is 0. The molecule has 1 aromatic carbocycles. The van der Waals surface area contributed by atoms with Crippen LogP contribution in [-0.2, 0) is 5.92 Å². The normalized spacial score (nSPS) is 14.0. The van der Waals surface area contributed by atoms with Crippen LogP contribution < -0.4 is 0 Å². The fourth-order valence-corrected chi connectivity index (χ4v) is 1.49. The Balaban J connectivity index is 3.56. The van der Waals surface area contributed by atoms with Crippen LogP contribution in [-0.4, -0.2) is 29.1 Å². The Bertz CT molecular complexity index is 577. The van der Waals surface area contributed by atoms with Gasteiger partial charge in [0.15, 0.2) is 0 Å². The third-order valence-electron chi connectivity index (χ3n) is 2.64.